The average molecular weight is 362 g/mol. The van der Waals surface area contributed by atoms with Crippen molar-refractivity contribution in [2.45, 2.75) is 38.6 Å². The van der Waals surface area contributed by atoms with E-state index in [0.29, 0.717) is 23.4 Å². The number of para-hydroxylation sites is 1. The lowest BCUT2D eigenvalue weighted by Crippen LogP contribution is -2.34. The summed E-state index contributed by atoms with van der Waals surface area (Å²) in [6, 6.07) is 9.50. The van der Waals surface area contributed by atoms with Crippen LogP contribution in [0.2, 0.25) is 0 Å². The van der Waals surface area contributed by atoms with Gasteiger partial charge in [0.05, 0.1) is 17.5 Å². The van der Waals surface area contributed by atoms with Crippen LogP contribution in [0.1, 0.15) is 41.1 Å². The highest BCUT2D eigenvalue weighted by Crippen LogP contribution is 2.36. The number of aryl methyl sites for hydroxylation is 3. The Hall–Kier alpha value is -3.15. The van der Waals surface area contributed by atoms with Crippen LogP contribution in [0.5, 0.6) is 5.75 Å². The van der Waals surface area contributed by atoms with Crippen molar-refractivity contribution >= 4 is 16.9 Å². The van der Waals surface area contributed by atoms with E-state index in [1.807, 2.05) is 18.2 Å². The van der Waals surface area contributed by atoms with Gasteiger partial charge in [-0.1, -0.05) is 18.2 Å². The molecule has 4 heterocycles. The van der Waals surface area contributed by atoms with E-state index in [9.17, 15) is 14.4 Å². The van der Waals surface area contributed by atoms with Crippen molar-refractivity contribution < 1.29 is 9.53 Å². The minimum atomic E-state index is -0.600. The molecule has 0 radical (unpaired) electrons. The highest BCUT2D eigenvalue weighted by molar-refractivity contribution is 5.84. The van der Waals surface area contributed by atoms with Gasteiger partial charge in [0.25, 0.3) is 11.1 Å². The van der Waals surface area contributed by atoms with Gasteiger partial charge in [0, 0.05) is 29.8 Å². The van der Waals surface area contributed by atoms with Gasteiger partial charge < -0.3 is 14.3 Å². The van der Waals surface area contributed by atoms with Gasteiger partial charge in [-0.25, -0.2) is 0 Å². The lowest BCUT2D eigenvalue weighted by molar-refractivity contribution is -0.135. The van der Waals surface area contributed by atoms with Crippen LogP contribution in [0.4, 0.5) is 0 Å². The van der Waals surface area contributed by atoms with Gasteiger partial charge in [0.15, 0.2) is 0 Å². The van der Waals surface area contributed by atoms with Crippen molar-refractivity contribution in [3.8, 4) is 5.75 Å². The molecule has 1 atom stereocenters. The van der Waals surface area contributed by atoms with Gasteiger partial charge in [0.2, 0.25) is 0 Å². The Morgan fingerprint density at radius 2 is 2.04 bits per heavy atom. The smallest absolute Gasteiger partial charge is 0.312 e. The molecule has 0 aliphatic carbocycles. The molecule has 1 N–H and O–H groups in total. The van der Waals surface area contributed by atoms with Gasteiger partial charge in [-0.3, -0.25) is 14.4 Å². The molecule has 0 amide bonds. The van der Waals surface area contributed by atoms with Crippen LogP contribution in [0.25, 0.3) is 10.9 Å². The highest BCUT2D eigenvalue weighted by Gasteiger charge is 2.34. The van der Waals surface area contributed by atoms with E-state index in [1.54, 1.807) is 17.6 Å². The van der Waals surface area contributed by atoms with Gasteiger partial charge >= 0.3 is 5.97 Å². The Morgan fingerprint density at radius 3 is 2.89 bits per heavy atom. The maximum atomic E-state index is 13.3. The Bertz CT molecular complexity index is 1240. The summed E-state index contributed by atoms with van der Waals surface area (Å²) in [7, 11) is 0. The minimum absolute atomic E-state index is 0.0143. The lowest BCUT2D eigenvalue weighted by atomic mass is 9.86. The molecule has 0 unspecified atom stereocenters. The zero-order valence-corrected chi connectivity index (χ0v) is 14.9. The van der Waals surface area contributed by atoms with E-state index in [4.69, 9.17) is 4.74 Å². The Balaban J connectivity index is 1.81. The third-order valence-corrected chi connectivity index (χ3v) is 5.54. The average Bonchev–Trinajstić information content (AvgIpc) is 2.63. The summed E-state index contributed by atoms with van der Waals surface area (Å²) in [6.45, 7) is 2.38. The maximum absolute atomic E-state index is 13.3. The molecule has 2 aliphatic rings. The van der Waals surface area contributed by atoms with Crippen LogP contribution < -0.4 is 15.9 Å². The Labute approximate surface area is 154 Å². The molecule has 27 heavy (non-hydrogen) atoms. The number of fused-ring (bicyclic) bond motifs is 1. The fraction of sp³-hybridized carbons (Fsp3) is 0.286. The summed E-state index contributed by atoms with van der Waals surface area (Å²) < 4.78 is 7.09. The first kappa shape index (κ1) is 16.1. The molecule has 0 saturated carbocycles. The van der Waals surface area contributed by atoms with Crippen LogP contribution in [-0.2, 0) is 17.8 Å². The number of benzene rings is 1. The Morgan fingerprint density at radius 1 is 1.19 bits per heavy atom. The molecule has 136 valence electrons. The van der Waals surface area contributed by atoms with Gasteiger partial charge in [-0.15, -0.1) is 0 Å². The summed E-state index contributed by atoms with van der Waals surface area (Å²) in [5, 5.41) is 0.964. The van der Waals surface area contributed by atoms with Gasteiger partial charge in [-0.2, -0.15) is 0 Å². The normalized spacial score (nSPS) is 18.3. The quantitative estimate of drug-likeness (QED) is 0.674. The third kappa shape index (κ3) is 2.36. The predicted octanol–water partition coefficient (Wildman–Crippen LogP) is 2.39. The number of carbonyl (C=O) groups excluding carboxylic acids is 1. The first-order chi connectivity index (χ1) is 13.0. The number of hydrogen-bond acceptors (Lipinski definition) is 4. The van der Waals surface area contributed by atoms with E-state index in [0.717, 1.165) is 23.7 Å². The lowest BCUT2D eigenvalue weighted by Gasteiger charge is -2.26. The summed E-state index contributed by atoms with van der Waals surface area (Å²) in [6.07, 6.45) is 1.84. The number of nitrogens with zero attached hydrogens (tertiary/aromatic N) is 1. The maximum Gasteiger partial charge on any atom is 0.312 e. The molecule has 2 aliphatic heterocycles. The second-order valence-electron chi connectivity index (χ2n) is 7.31. The minimum Gasteiger partial charge on any atom is -0.426 e. The predicted molar refractivity (Wildman–Crippen MR) is 100 cm³/mol. The number of pyridine rings is 2. The van der Waals surface area contributed by atoms with E-state index in [1.165, 1.54) is 5.56 Å². The molecule has 0 spiro atoms. The zero-order chi connectivity index (χ0) is 18.7. The second-order valence-corrected chi connectivity index (χ2v) is 7.31. The molecule has 3 aromatic rings. The van der Waals surface area contributed by atoms with Crippen molar-refractivity contribution in [3.05, 3.63) is 73.4 Å². The summed E-state index contributed by atoms with van der Waals surface area (Å²) in [4.78, 5) is 40.9. The number of H-pyrrole nitrogens is 1. The highest BCUT2D eigenvalue weighted by atomic mass is 16.5. The van der Waals surface area contributed by atoms with Crippen LogP contribution in [0, 0.1) is 6.92 Å². The molecule has 0 saturated heterocycles. The van der Waals surface area contributed by atoms with E-state index >= 15 is 0 Å². The van der Waals surface area contributed by atoms with Crippen molar-refractivity contribution in [2.24, 2.45) is 0 Å². The van der Waals surface area contributed by atoms with Crippen LogP contribution >= 0.6 is 0 Å². The first-order valence-electron chi connectivity index (χ1n) is 9.13. The number of nitrogens with one attached hydrogen (secondary N) is 1. The number of aromatic amines is 1. The number of esters is 1. The molecular formula is C21H18N2O4. The molecular weight excluding hydrogens is 344 g/mol. The number of aromatic nitrogens is 2. The number of carbonyl (C=O) groups is 1. The zero-order valence-electron chi connectivity index (χ0n) is 14.9. The third-order valence-electron chi connectivity index (χ3n) is 5.54. The van der Waals surface area contributed by atoms with Gasteiger partial charge in [0.1, 0.15) is 5.75 Å². The fourth-order valence-electron chi connectivity index (χ4n) is 4.42. The number of rotatable bonds is 1. The van der Waals surface area contributed by atoms with Crippen molar-refractivity contribution in [3.63, 3.8) is 0 Å². The molecule has 0 fully saturated rings. The first-order valence-corrected chi connectivity index (χ1v) is 9.13. The largest absolute Gasteiger partial charge is 0.426 e. The van der Waals surface area contributed by atoms with Crippen molar-refractivity contribution in [2.75, 3.05) is 0 Å². The summed E-state index contributed by atoms with van der Waals surface area (Å²) in [5.74, 6) is -0.773. The molecule has 6 heteroatoms. The van der Waals surface area contributed by atoms with E-state index < -0.39 is 11.9 Å². The molecule has 1 aromatic carbocycles. The van der Waals surface area contributed by atoms with Crippen LogP contribution in [-0.4, -0.2) is 15.5 Å². The van der Waals surface area contributed by atoms with Crippen LogP contribution in [0.15, 0.2) is 39.9 Å². The summed E-state index contributed by atoms with van der Waals surface area (Å²) in [5.41, 5.74) is 3.15. The second kappa shape index (κ2) is 5.67. The van der Waals surface area contributed by atoms with Gasteiger partial charge in [-0.05, 0) is 36.8 Å². The monoisotopic (exact) mass is 362 g/mol. The van der Waals surface area contributed by atoms with Crippen molar-refractivity contribution in [1.29, 1.82) is 0 Å². The molecule has 6 nitrogen and oxygen atoms in total. The SMILES string of the molecule is Cc1cc2c(c(=O)[nH]1)[C@H](c1cc3cccc4c3n(c1=O)CCC4)CC(=O)O2. The van der Waals surface area contributed by atoms with E-state index in [2.05, 4.69) is 11.1 Å². The number of hydrogen-bond donors (Lipinski definition) is 1. The Kier molecular flexibility index (Phi) is 3.37. The van der Waals surface area contributed by atoms with Crippen LogP contribution in [0.3, 0.4) is 0 Å². The topological polar surface area (TPSA) is 81.2 Å². The molecule has 2 aromatic heterocycles. The van der Waals surface area contributed by atoms with Crippen molar-refractivity contribution in [1.82, 2.24) is 9.55 Å². The summed E-state index contributed by atoms with van der Waals surface area (Å²) >= 11 is 0. The standard InChI is InChI=1S/C21H18N2O4/c1-11-8-16-18(20(25)22-11)14(10-17(24)27-16)15-9-13-5-2-4-12-6-3-7-23(19(12)13)21(15)26/h2,4-5,8-9,14H,3,6-7,10H2,1H3,(H,22,25)/t14-/m0/s1. The molecule has 0 bridgehead atoms. The molecule has 5 rings (SSSR count). The number of ether oxygens (including phenoxy) is 1. The van der Waals surface area contributed by atoms with E-state index in [-0.39, 0.29) is 23.3 Å². The fourth-order valence-corrected chi connectivity index (χ4v) is 4.42.